The molecule has 158 valence electrons. The van der Waals surface area contributed by atoms with Gasteiger partial charge in [-0.2, -0.15) is 0 Å². The van der Waals surface area contributed by atoms with Crippen molar-refractivity contribution in [1.82, 2.24) is 15.6 Å². The van der Waals surface area contributed by atoms with Crippen molar-refractivity contribution in [2.75, 3.05) is 33.4 Å². The molecule has 1 fully saturated rings. The molecule has 0 saturated carbocycles. The molecule has 1 aliphatic rings. The predicted octanol–water partition coefficient (Wildman–Crippen LogP) is 3.57. The molecule has 6 nitrogen and oxygen atoms in total. The van der Waals surface area contributed by atoms with Gasteiger partial charge < -0.3 is 20.1 Å². The Hall–Kier alpha value is -2.12. The maximum absolute atomic E-state index is 5.72. The van der Waals surface area contributed by atoms with Gasteiger partial charge in [0.1, 0.15) is 10.8 Å². The lowest BCUT2D eigenvalue weighted by atomic mass is 9.73. The smallest absolute Gasteiger partial charge is 0.191 e. The molecule has 1 aromatic heterocycles. The molecule has 29 heavy (non-hydrogen) atoms. The minimum atomic E-state index is -0.0520. The summed E-state index contributed by atoms with van der Waals surface area (Å²) in [6, 6.07) is 6.44. The van der Waals surface area contributed by atoms with Crippen LogP contribution in [0.3, 0.4) is 0 Å². The van der Waals surface area contributed by atoms with E-state index in [9.17, 15) is 0 Å². The zero-order valence-electron chi connectivity index (χ0n) is 17.9. The highest BCUT2D eigenvalue weighted by Gasteiger charge is 2.37. The van der Waals surface area contributed by atoms with Crippen molar-refractivity contribution in [3.8, 4) is 5.75 Å². The molecule has 1 aromatic carbocycles. The summed E-state index contributed by atoms with van der Waals surface area (Å²) in [5.74, 6) is 1.76. The van der Waals surface area contributed by atoms with Gasteiger partial charge in [0.2, 0.25) is 0 Å². The Morgan fingerprint density at radius 3 is 2.72 bits per heavy atom. The molecule has 0 radical (unpaired) electrons. The summed E-state index contributed by atoms with van der Waals surface area (Å²) in [5.41, 5.74) is 2.44. The van der Waals surface area contributed by atoms with E-state index in [-0.39, 0.29) is 5.41 Å². The second-order valence-electron chi connectivity index (χ2n) is 7.51. The minimum absolute atomic E-state index is 0.0520. The highest BCUT2D eigenvalue weighted by molar-refractivity contribution is 7.11. The lowest BCUT2D eigenvalue weighted by Crippen LogP contribution is -2.48. The van der Waals surface area contributed by atoms with Crippen molar-refractivity contribution in [3.63, 3.8) is 0 Å². The summed E-state index contributed by atoms with van der Waals surface area (Å²) in [4.78, 5) is 10.4. The Bertz CT molecular complexity index is 828. The summed E-state index contributed by atoms with van der Waals surface area (Å²) in [6.07, 6.45) is 3.80. The summed E-state index contributed by atoms with van der Waals surface area (Å²) in [7, 11) is 1.75. The molecule has 0 amide bonds. The fraction of sp³-hybridized carbons (Fsp3) is 0.545. The number of guanidine groups is 1. The molecule has 0 atom stereocenters. The highest BCUT2D eigenvalue weighted by Crippen LogP contribution is 2.40. The van der Waals surface area contributed by atoms with Crippen LogP contribution in [0.4, 0.5) is 0 Å². The number of thiazole rings is 1. The summed E-state index contributed by atoms with van der Waals surface area (Å²) < 4.78 is 11.4. The Balaban J connectivity index is 1.81. The van der Waals surface area contributed by atoms with Gasteiger partial charge in [0.25, 0.3) is 0 Å². The van der Waals surface area contributed by atoms with Gasteiger partial charge in [-0.1, -0.05) is 17.7 Å². The molecule has 7 heteroatoms. The molecular weight excluding hydrogens is 384 g/mol. The van der Waals surface area contributed by atoms with Crippen molar-refractivity contribution >= 4 is 17.3 Å². The van der Waals surface area contributed by atoms with Gasteiger partial charge >= 0.3 is 0 Å². The molecular formula is C22H32N4O2S. The van der Waals surface area contributed by atoms with E-state index in [1.807, 2.05) is 6.20 Å². The van der Waals surface area contributed by atoms with Crippen molar-refractivity contribution < 1.29 is 9.47 Å². The number of aryl methyl sites for hydroxylation is 2. The first-order chi connectivity index (χ1) is 14.1. The van der Waals surface area contributed by atoms with Gasteiger partial charge in [-0.25, -0.2) is 9.98 Å². The average Bonchev–Trinajstić information content (AvgIpc) is 3.16. The molecule has 2 aromatic rings. The fourth-order valence-corrected chi connectivity index (χ4v) is 4.47. The second kappa shape index (κ2) is 10.1. The zero-order chi connectivity index (χ0) is 20.7. The van der Waals surface area contributed by atoms with Crippen LogP contribution in [0.25, 0.3) is 0 Å². The molecule has 0 unspecified atom stereocenters. The quantitative estimate of drug-likeness (QED) is 0.533. The lowest BCUT2D eigenvalue weighted by molar-refractivity contribution is 0.0505. The third-order valence-corrected chi connectivity index (χ3v) is 6.25. The van der Waals surface area contributed by atoms with Crippen LogP contribution >= 0.6 is 11.3 Å². The Morgan fingerprint density at radius 2 is 2.07 bits per heavy atom. The summed E-state index contributed by atoms with van der Waals surface area (Å²) >= 11 is 1.69. The van der Waals surface area contributed by atoms with E-state index >= 15 is 0 Å². The van der Waals surface area contributed by atoms with Gasteiger partial charge in [0, 0.05) is 48.4 Å². The molecule has 2 heterocycles. The van der Waals surface area contributed by atoms with E-state index in [2.05, 4.69) is 54.6 Å². The molecule has 0 spiro atoms. The number of methoxy groups -OCH3 is 1. The van der Waals surface area contributed by atoms with Crippen LogP contribution < -0.4 is 15.4 Å². The number of hydrogen-bond donors (Lipinski definition) is 2. The van der Waals surface area contributed by atoms with Crippen LogP contribution in [0.1, 0.15) is 40.8 Å². The van der Waals surface area contributed by atoms with Gasteiger partial charge in [-0.15, -0.1) is 11.3 Å². The number of rotatable bonds is 7. The minimum Gasteiger partial charge on any atom is -0.496 e. The molecule has 1 aliphatic heterocycles. The third-order valence-electron chi connectivity index (χ3n) is 5.36. The Labute approximate surface area is 177 Å². The lowest BCUT2D eigenvalue weighted by Gasteiger charge is -2.39. The number of ether oxygens (including phenoxy) is 2. The van der Waals surface area contributed by atoms with Gasteiger partial charge in [-0.3, -0.25) is 0 Å². The largest absolute Gasteiger partial charge is 0.496 e. The monoisotopic (exact) mass is 416 g/mol. The summed E-state index contributed by atoms with van der Waals surface area (Å²) in [6.45, 7) is 9.96. The van der Waals surface area contributed by atoms with Crippen molar-refractivity contribution in [3.05, 3.63) is 45.4 Å². The maximum Gasteiger partial charge on any atom is 0.191 e. The van der Waals surface area contributed by atoms with E-state index in [1.165, 1.54) is 16.0 Å². The van der Waals surface area contributed by atoms with Gasteiger partial charge in [-0.05, 0) is 39.7 Å². The number of benzene rings is 1. The van der Waals surface area contributed by atoms with E-state index in [4.69, 9.17) is 14.5 Å². The molecule has 0 aliphatic carbocycles. The van der Waals surface area contributed by atoms with Crippen molar-refractivity contribution in [1.29, 1.82) is 0 Å². The van der Waals surface area contributed by atoms with Crippen molar-refractivity contribution in [2.45, 2.75) is 45.6 Å². The average molecular weight is 417 g/mol. The SMILES string of the molecule is CCNC(=NCc1ncc(C)s1)NCC1(c2cc(C)ccc2OC)CCOCC1. The standard InChI is InChI=1S/C22H32N4O2S/c1-5-23-21(25-14-20-24-13-17(3)29-20)26-15-22(8-10-28-11-9-22)18-12-16(2)6-7-19(18)27-4/h6-7,12-13H,5,8-11,14-15H2,1-4H3,(H2,23,25,26). The topological polar surface area (TPSA) is 67.8 Å². The molecule has 3 rings (SSSR count). The maximum atomic E-state index is 5.72. The zero-order valence-corrected chi connectivity index (χ0v) is 18.7. The first kappa shape index (κ1) is 21.6. The van der Waals surface area contributed by atoms with Crippen LogP contribution in [0.15, 0.2) is 29.4 Å². The number of nitrogens with zero attached hydrogens (tertiary/aromatic N) is 2. The normalized spacial score (nSPS) is 16.5. The number of hydrogen-bond acceptors (Lipinski definition) is 5. The number of aromatic nitrogens is 1. The van der Waals surface area contributed by atoms with Crippen LogP contribution in [-0.4, -0.2) is 44.4 Å². The van der Waals surface area contributed by atoms with E-state index in [0.29, 0.717) is 6.54 Å². The second-order valence-corrected chi connectivity index (χ2v) is 8.83. The van der Waals surface area contributed by atoms with Gasteiger partial charge in [0.05, 0.1) is 13.7 Å². The first-order valence-corrected chi connectivity index (χ1v) is 11.0. The third kappa shape index (κ3) is 5.48. The van der Waals surface area contributed by atoms with Crippen LogP contribution in [0.2, 0.25) is 0 Å². The first-order valence-electron chi connectivity index (χ1n) is 10.2. The Morgan fingerprint density at radius 1 is 1.28 bits per heavy atom. The van der Waals surface area contributed by atoms with Crippen LogP contribution in [0, 0.1) is 13.8 Å². The van der Waals surface area contributed by atoms with E-state index < -0.39 is 0 Å². The van der Waals surface area contributed by atoms with Crippen LogP contribution in [0.5, 0.6) is 5.75 Å². The molecule has 1 saturated heterocycles. The molecule has 0 bridgehead atoms. The fourth-order valence-electron chi connectivity index (χ4n) is 3.76. The van der Waals surface area contributed by atoms with E-state index in [0.717, 1.165) is 55.9 Å². The number of nitrogens with one attached hydrogen (secondary N) is 2. The highest BCUT2D eigenvalue weighted by atomic mass is 32.1. The Kier molecular flexibility index (Phi) is 7.50. The van der Waals surface area contributed by atoms with Crippen LogP contribution in [-0.2, 0) is 16.7 Å². The van der Waals surface area contributed by atoms with Gasteiger partial charge in [0.15, 0.2) is 5.96 Å². The molecule has 2 N–H and O–H groups in total. The predicted molar refractivity (Wildman–Crippen MR) is 119 cm³/mol. The van der Waals surface area contributed by atoms with E-state index in [1.54, 1.807) is 18.4 Å². The van der Waals surface area contributed by atoms with Crippen molar-refractivity contribution in [2.24, 2.45) is 4.99 Å². The summed E-state index contributed by atoms with van der Waals surface area (Å²) in [5, 5.41) is 7.97. The number of aliphatic imine (C=N–C) groups is 1.